The van der Waals surface area contributed by atoms with Crippen LogP contribution in [0.25, 0.3) is 6.08 Å². The second kappa shape index (κ2) is 8.87. The number of aromatic hydroxyl groups is 1. The molecule has 0 aromatic heterocycles. The van der Waals surface area contributed by atoms with Crippen molar-refractivity contribution in [3.8, 4) is 5.75 Å². The molecule has 1 N–H and O–H groups in total. The van der Waals surface area contributed by atoms with Crippen molar-refractivity contribution in [2.24, 2.45) is 4.99 Å². The highest BCUT2D eigenvalue weighted by Gasteiger charge is 2.38. The number of phenolic OH excluding ortho intramolecular Hbond substituents is 1. The Labute approximate surface area is 176 Å². The SMILES string of the molecule is CCc1ccccc1N=C1S/C(=C/c2cccc(O)c2)C(=O)N1C1CCCCC1. The van der Waals surface area contributed by atoms with Gasteiger partial charge in [-0.15, -0.1) is 0 Å². The molecule has 0 spiro atoms. The van der Waals surface area contributed by atoms with Crippen molar-refractivity contribution < 1.29 is 9.90 Å². The van der Waals surface area contributed by atoms with Crippen molar-refractivity contribution in [3.05, 3.63) is 64.6 Å². The highest BCUT2D eigenvalue weighted by molar-refractivity contribution is 8.18. The van der Waals surface area contributed by atoms with Crippen molar-refractivity contribution in [1.82, 2.24) is 4.90 Å². The van der Waals surface area contributed by atoms with Crippen LogP contribution in [0.5, 0.6) is 5.75 Å². The number of amides is 1. The van der Waals surface area contributed by atoms with E-state index in [1.165, 1.54) is 23.7 Å². The fraction of sp³-hybridized carbons (Fsp3) is 0.333. The minimum atomic E-state index is 0.0259. The summed E-state index contributed by atoms with van der Waals surface area (Å²) in [5.74, 6) is 0.225. The van der Waals surface area contributed by atoms with Gasteiger partial charge in [-0.1, -0.05) is 56.5 Å². The van der Waals surface area contributed by atoms with E-state index in [-0.39, 0.29) is 17.7 Å². The van der Waals surface area contributed by atoms with Crippen molar-refractivity contribution in [2.75, 3.05) is 0 Å². The van der Waals surface area contributed by atoms with E-state index in [2.05, 4.69) is 13.0 Å². The summed E-state index contributed by atoms with van der Waals surface area (Å²) in [6.45, 7) is 2.12. The van der Waals surface area contributed by atoms with Crippen molar-refractivity contribution in [2.45, 2.75) is 51.5 Å². The topological polar surface area (TPSA) is 52.9 Å². The lowest BCUT2D eigenvalue weighted by molar-refractivity contribution is -0.124. The van der Waals surface area contributed by atoms with Gasteiger partial charge in [0.15, 0.2) is 5.17 Å². The Morgan fingerprint density at radius 1 is 1.14 bits per heavy atom. The van der Waals surface area contributed by atoms with Crippen molar-refractivity contribution >= 4 is 34.6 Å². The van der Waals surface area contributed by atoms with Gasteiger partial charge in [-0.2, -0.15) is 0 Å². The third kappa shape index (κ3) is 4.40. The van der Waals surface area contributed by atoms with Crippen LogP contribution in [-0.4, -0.2) is 27.1 Å². The molecule has 1 amide bonds. The molecule has 150 valence electrons. The number of aliphatic imine (C=N–C) groups is 1. The molecule has 2 aromatic rings. The Balaban J connectivity index is 1.73. The summed E-state index contributed by atoms with van der Waals surface area (Å²) in [5, 5.41) is 10.5. The zero-order chi connectivity index (χ0) is 20.2. The molecule has 5 heteroatoms. The third-order valence-electron chi connectivity index (χ3n) is 5.53. The van der Waals surface area contributed by atoms with Gasteiger partial charge in [0.2, 0.25) is 0 Å². The van der Waals surface area contributed by atoms with Crippen LogP contribution in [0.15, 0.2) is 58.4 Å². The fourth-order valence-electron chi connectivity index (χ4n) is 4.01. The average Bonchev–Trinajstić information content (AvgIpc) is 3.04. The van der Waals surface area contributed by atoms with Gasteiger partial charge in [0.25, 0.3) is 5.91 Å². The standard InChI is InChI=1S/C24H26N2O2S/c1-2-18-10-6-7-14-21(18)25-24-26(19-11-4-3-5-12-19)23(28)22(29-24)16-17-9-8-13-20(27)15-17/h6-10,13-16,19,27H,2-5,11-12H2,1H3/b22-16+,25-24?. The molecule has 4 nitrogen and oxygen atoms in total. The number of carbonyl (C=O) groups is 1. The molecule has 0 bridgehead atoms. The molecule has 1 saturated carbocycles. The van der Waals surface area contributed by atoms with Crippen LogP contribution in [0.2, 0.25) is 0 Å². The first-order chi connectivity index (χ1) is 14.2. The third-order valence-corrected chi connectivity index (χ3v) is 6.52. The molecule has 1 aliphatic carbocycles. The number of benzene rings is 2. The number of rotatable bonds is 4. The smallest absolute Gasteiger partial charge is 0.267 e. The van der Waals surface area contributed by atoms with Gasteiger partial charge in [0.1, 0.15) is 5.75 Å². The monoisotopic (exact) mass is 406 g/mol. The number of para-hydroxylation sites is 1. The second-order valence-electron chi connectivity index (χ2n) is 7.55. The lowest BCUT2D eigenvalue weighted by Crippen LogP contribution is -2.40. The number of thioether (sulfide) groups is 1. The molecule has 0 atom stereocenters. The predicted octanol–water partition coefficient (Wildman–Crippen LogP) is 5.89. The Hall–Kier alpha value is -2.53. The first-order valence-electron chi connectivity index (χ1n) is 10.3. The Bertz CT molecular complexity index is 961. The highest BCUT2D eigenvalue weighted by Crippen LogP contribution is 2.39. The molecular formula is C24H26N2O2S. The van der Waals surface area contributed by atoms with Crippen molar-refractivity contribution in [1.29, 1.82) is 0 Å². The Morgan fingerprint density at radius 2 is 1.93 bits per heavy atom. The molecule has 2 aromatic carbocycles. The largest absolute Gasteiger partial charge is 0.508 e. The maximum atomic E-state index is 13.3. The van der Waals surface area contributed by atoms with E-state index in [1.807, 2.05) is 35.2 Å². The van der Waals surface area contributed by atoms with Gasteiger partial charge < -0.3 is 5.11 Å². The van der Waals surface area contributed by atoms with E-state index in [0.717, 1.165) is 48.5 Å². The average molecular weight is 407 g/mol. The van der Waals surface area contributed by atoms with Crippen LogP contribution >= 0.6 is 11.8 Å². The Kier molecular flexibility index (Phi) is 6.05. The van der Waals surface area contributed by atoms with E-state index < -0.39 is 0 Å². The number of nitrogens with zero attached hydrogens (tertiary/aromatic N) is 2. The van der Waals surface area contributed by atoms with E-state index in [1.54, 1.807) is 18.2 Å². The molecule has 1 saturated heterocycles. The van der Waals surface area contributed by atoms with E-state index in [4.69, 9.17) is 4.99 Å². The van der Waals surface area contributed by atoms with E-state index in [0.29, 0.717) is 4.91 Å². The maximum Gasteiger partial charge on any atom is 0.267 e. The lowest BCUT2D eigenvalue weighted by atomic mass is 9.94. The maximum absolute atomic E-state index is 13.3. The van der Waals surface area contributed by atoms with Gasteiger partial charge in [-0.3, -0.25) is 9.69 Å². The second-order valence-corrected chi connectivity index (χ2v) is 8.56. The summed E-state index contributed by atoms with van der Waals surface area (Å²) in [5.41, 5.74) is 2.94. The number of hydrogen-bond acceptors (Lipinski definition) is 4. The summed E-state index contributed by atoms with van der Waals surface area (Å²) in [6.07, 6.45) is 8.37. The number of phenols is 1. The molecule has 29 heavy (non-hydrogen) atoms. The van der Waals surface area contributed by atoms with Crippen LogP contribution in [-0.2, 0) is 11.2 Å². The van der Waals surface area contributed by atoms with Crippen LogP contribution in [0.1, 0.15) is 50.2 Å². The zero-order valence-electron chi connectivity index (χ0n) is 16.7. The fourth-order valence-corrected chi connectivity index (χ4v) is 5.07. The lowest BCUT2D eigenvalue weighted by Gasteiger charge is -2.30. The van der Waals surface area contributed by atoms with Crippen molar-refractivity contribution in [3.63, 3.8) is 0 Å². The minimum Gasteiger partial charge on any atom is -0.508 e. The molecule has 4 rings (SSSR count). The summed E-state index contributed by atoms with van der Waals surface area (Å²) in [4.78, 5) is 20.9. The zero-order valence-corrected chi connectivity index (χ0v) is 17.5. The highest BCUT2D eigenvalue weighted by atomic mass is 32.2. The van der Waals surface area contributed by atoms with Crippen LogP contribution in [0.4, 0.5) is 5.69 Å². The van der Waals surface area contributed by atoms with E-state index >= 15 is 0 Å². The summed E-state index contributed by atoms with van der Waals surface area (Å²) >= 11 is 1.44. The summed E-state index contributed by atoms with van der Waals surface area (Å²) in [6, 6.07) is 15.3. The first kappa shape index (κ1) is 19.8. The van der Waals surface area contributed by atoms with Gasteiger partial charge >= 0.3 is 0 Å². The van der Waals surface area contributed by atoms with Gasteiger partial charge in [-0.25, -0.2) is 4.99 Å². The molecule has 2 aliphatic rings. The number of amidine groups is 1. The normalized spacial score (nSPS) is 20.7. The number of aryl methyl sites for hydroxylation is 1. The molecule has 2 fully saturated rings. The van der Waals surface area contributed by atoms with Gasteiger partial charge in [0.05, 0.1) is 10.6 Å². The van der Waals surface area contributed by atoms with Crippen LogP contribution < -0.4 is 0 Å². The molecule has 0 unspecified atom stereocenters. The minimum absolute atomic E-state index is 0.0259. The molecule has 0 radical (unpaired) electrons. The van der Waals surface area contributed by atoms with Crippen LogP contribution in [0, 0.1) is 0 Å². The Morgan fingerprint density at radius 3 is 2.69 bits per heavy atom. The number of hydrogen-bond donors (Lipinski definition) is 1. The van der Waals surface area contributed by atoms with Gasteiger partial charge in [-0.05, 0) is 66.4 Å². The van der Waals surface area contributed by atoms with Crippen LogP contribution in [0.3, 0.4) is 0 Å². The van der Waals surface area contributed by atoms with E-state index in [9.17, 15) is 9.90 Å². The summed E-state index contributed by atoms with van der Waals surface area (Å²) < 4.78 is 0. The molecule has 1 heterocycles. The first-order valence-corrected chi connectivity index (χ1v) is 11.2. The van der Waals surface area contributed by atoms with Gasteiger partial charge in [0, 0.05) is 6.04 Å². The predicted molar refractivity (Wildman–Crippen MR) is 120 cm³/mol. The quantitative estimate of drug-likeness (QED) is 0.644. The number of carbonyl (C=O) groups excluding carboxylic acids is 1. The molecular weight excluding hydrogens is 380 g/mol. The summed E-state index contributed by atoms with van der Waals surface area (Å²) in [7, 11) is 0. The molecule has 1 aliphatic heterocycles.